The van der Waals surface area contributed by atoms with Gasteiger partial charge in [0.25, 0.3) is 5.91 Å². The van der Waals surface area contributed by atoms with Crippen molar-refractivity contribution in [1.29, 1.82) is 0 Å². The van der Waals surface area contributed by atoms with E-state index in [0.717, 1.165) is 48.6 Å². The minimum absolute atomic E-state index is 0.0192. The number of H-pyrrole nitrogens is 1. The molecule has 0 bridgehead atoms. The maximum atomic E-state index is 16.5. The number of fused-ring (bicyclic) bond motifs is 1. The average Bonchev–Trinajstić information content (AvgIpc) is 3.82. The summed E-state index contributed by atoms with van der Waals surface area (Å²) in [6, 6.07) is 4.99. The first-order valence-corrected chi connectivity index (χ1v) is 16.5. The second-order valence-corrected chi connectivity index (χ2v) is 12.4. The Balaban J connectivity index is 1.14. The van der Waals surface area contributed by atoms with Gasteiger partial charge in [-0.2, -0.15) is 0 Å². The van der Waals surface area contributed by atoms with Gasteiger partial charge in [-0.15, -0.1) is 5.10 Å². The van der Waals surface area contributed by atoms with E-state index in [4.69, 9.17) is 4.74 Å². The molecule has 1 aliphatic carbocycles. The monoisotopic (exact) mass is 656 g/mol. The number of methoxy groups -OCH3 is 1. The van der Waals surface area contributed by atoms with E-state index in [-0.39, 0.29) is 18.2 Å². The zero-order chi connectivity index (χ0) is 33.2. The van der Waals surface area contributed by atoms with Crippen LogP contribution in [0.4, 0.5) is 14.6 Å². The lowest BCUT2D eigenvalue weighted by atomic mass is 9.88. The van der Waals surface area contributed by atoms with Crippen LogP contribution in [0.1, 0.15) is 60.1 Å². The van der Waals surface area contributed by atoms with Gasteiger partial charge in [0, 0.05) is 68.9 Å². The number of aromatic amines is 1. The molecule has 2 aliphatic heterocycles. The molecule has 0 saturated carbocycles. The van der Waals surface area contributed by atoms with Gasteiger partial charge in [0.1, 0.15) is 11.5 Å². The van der Waals surface area contributed by atoms with Crippen molar-refractivity contribution in [2.24, 2.45) is 0 Å². The second kappa shape index (κ2) is 13.6. The number of nitrogens with zero attached hydrogens (tertiary/aromatic N) is 7. The van der Waals surface area contributed by atoms with Crippen LogP contribution in [0.2, 0.25) is 0 Å². The van der Waals surface area contributed by atoms with Crippen LogP contribution < -0.4 is 9.64 Å². The highest BCUT2D eigenvalue weighted by Crippen LogP contribution is 2.38. The van der Waals surface area contributed by atoms with Gasteiger partial charge in [-0.3, -0.25) is 14.3 Å². The molecule has 4 aromatic rings. The summed E-state index contributed by atoms with van der Waals surface area (Å²) in [4.78, 5) is 39.8. The van der Waals surface area contributed by atoms with Crippen LogP contribution in [0.3, 0.4) is 0 Å². The summed E-state index contributed by atoms with van der Waals surface area (Å²) in [6.07, 6.45) is 13.6. The molecule has 2 amide bonds. The summed E-state index contributed by atoms with van der Waals surface area (Å²) >= 11 is 0. The predicted molar refractivity (Wildman–Crippen MR) is 177 cm³/mol. The molecule has 3 aliphatic rings. The number of aryl methyl sites for hydroxylation is 1. The van der Waals surface area contributed by atoms with E-state index in [1.54, 1.807) is 32.9 Å². The lowest BCUT2D eigenvalue weighted by molar-refractivity contribution is -0.131. The van der Waals surface area contributed by atoms with Crippen LogP contribution in [-0.4, -0.2) is 93.0 Å². The van der Waals surface area contributed by atoms with Crippen LogP contribution >= 0.6 is 0 Å². The highest BCUT2D eigenvalue weighted by atomic mass is 19.1. The Morgan fingerprint density at radius 2 is 1.79 bits per heavy atom. The van der Waals surface area contributed by atoms with Gasteiger partial charge in [0.15, 0.2) is 17.4 Å². The number of amides is 2. The molecule has 3 aromatic heterocycles. The van der Waals surface area contributed by atoms with Crippen molar-refractivity contribution in [3.05, 3.63) is 77.4 Å². The van der Waals surface area contributed by atoms with Crippen molar-refractivity contribution in [2.75, 3.05) is 51.3 Å². The summed E-state index contributed by atoms with van der Waals surface area (Å²) in [5.74, 6) is -0.263. The van der Waals surface area contributed by atoms with E-state index in [0.29, 0.717) is 86.0 Å². The van der Waals surface area contributed by atoms with Crippen LogP contribution in [0.5, 0.6) is 5.75 Å². The topological polar surface area (TPSA) is 112 Å². The molecular weight excluding hydrogens is 618 g/mol. The lowest BCUT2D eigenvalue weighted by Crippen LogP contribution is -2.49. The third kappa shape index (κ3) is 6.28. The molecule has 0 unspecified atom stereocenters. The van der Waals surface area contributed by atoms with Gasteiger partial charge >= 0.3 is 0 Å². The Morgan fingerprint density at radius 3 is 2.54 bits per heavy atom. The van der Waals surface area contributed by atoms with Crippen molar-refractivity contribution in [3.63, 3.8) is 0 Å². The van der Waals surface area contributed by atoms with Crippen LogP contribution in [0.25, 0.3) is 22.0 Å². The Kier molecular flexibility index (Phi) is 8.92. The normalized spacial score (nSPS) is 17.0. The molecule has 13 heteroatoms. The summed E-state index contributed by atoms with van der Waals surface area (Å²) < 4.78 is 37.2. The number of benzene rings is 1. The van der Waals surface area contributed by atoms with Gasteiger partial charge in [-0.05, 0) is 60.9 Å². The molecule has 1 aromatic carbocycles. The fourth-order valence-electron chi connectivity index (χ4n) is 6.92. The smallest absolute Gasteiger partial charge is 0.270 e. The number of hydrogen-bond donors (Lipinski definition) is 1. The molecule has 250 valence electrons. The Hall–Kier alpha value is -5.07. The first kappa shape index (κ1) is 31.5. The number of carbonyl (C=O) groups is 2. The van der Waals surface area contributed by atoms with Crippen molar-refractivity contribution < 1.29 is 23.1 Å². The molecule has 7 rings (SSSR count). The number of carbonyl (C=O) groups excluding carboxylic acids is 2. The number of piperazine rings is 1. The fraction of sp³-hybridized carbons (Fsp3) is 0.400. The molecule has 0 atom stereocenters. The molecule has 11 nitrogen and oxygen atoms in total. The molecule has 1 N–H and O–H groups in total. The predicted octanol–water partition coefficient (Wildman–Crippen LogP) is 5.07. The summed E-state index contributed by atoms with van der Waals surface area (Å²) in [7, 11) is 1.47. The molecule has 1 saturated heterocycles. The first-order valence-electron chi connectivity index (χ1n) is 16.5. The number of rotatable bonds is 8. The number of aromatic nitrogens is 5. The summed E-state index contributed by atoms with van der Waals surface area (Å²) in [5.41, 5.74) is 3.91. The van der Waals surface area contributed by atoms with Gasteiger partial charge in [0.05, 0.1) is 31.6 Å². The van der Waals surface area contributed by atoms with Gasteiger partial charge in [-0.25, -0.2) is 13.8 Å². The van der Waals surface area contributed by atoms with E-state index < -0.39 is 11.6 Å². The highest BCUT2D eigenvalue weighted by molar-refractivity contribution is 6.03. The molecule has 0 radical (unpaired) electrons. The standard InChI is InChI=1S/C35H38F2N8O3/c1-48-30-18-25(36)21-38-34(30)42-14-16-43(17-15-42)35(47)29-20-28-26(23-6-3-2-4-7-23)19-27(32(37)33(28)40-29)24-8-5-11-44(22-24)31(46)9-12-45-13-10-39-41-45/h6,8,10,13,18-21,40H,2-5,7,9,11-12,14-17,22H2,1H3. The van der Waals surface area contributed by atoms with Gasteiger partial charge in [-0.1, -0.05) is 17.4 Å². The number of pyridine rings is 1. The largest absolute Gasteiger partial charge is 0.493 e. The van der Waals surface area contributed by atoms with Crippen molar-refractivity contribution >= 4 is 39.7 Å². The van der Waals surface area contributed by atoms with E-state index >= 15 is 4.39 Å². The minimum atomic E-state index is -0.480. The Morgan fingerprint density at radius 1 is 0.958 bits per heavy atom. The quantitative estimate of drug-likeness (QED) is 0.282. The zero-order valence-corrected chi connectivity index (χ0v) is 26.9. The SMILES string of the molecule is COc1cc(F)cnc1N1CCN(C(=O)c2cc3c(C4=CCCCC4)cc(C4=CCCN(C(=O)CCn5ccnn5)C4)c(F)c3[nH]2)CC1. The van der Waals surface area contributed by atoms with E-state index in [9.17, 15) is 14.0 Å². The lowest BCUT2D eigenvalue weighted by Gasteiger charge is -2.35. The molecule has 0 spiro atoms. The minimum Gasteiger partial charge on any atom is -0.493 e. The maximum Gasteiger partial charge on any atom is 0.270 e. The third-order valence-corrected chi connectivity index (χ3v) is 9.48. The third-order valence-electron chi connectivity index (χ3n) is 9.48. The summed E-state index contributed by atoms with van der Waals surface area (Å²) in [6.45, 7) is 3.10. The fourth-order valence-corrected chi connectivity index (χ4v) is 6.92. The van der Waals surface area contributed by atoms with E-state index in [1.165, 1.54) is 13.2 Å². The van der Waals surface area contributed by atoms with Crippen molar-refractivity contribution in [3.8, 4) is 5.75 Å². The van der Waals surface area contributed by atoms with Crippen LogP contribution in [0.15, 0.2) is 48.9 Å². The van der Waals surface area contributed by atoms with E-state index in [1.807, 2.05) is 17.0 Å². The van der Waals surface area contributed by atoms with Crippen molar-refractivity contribution in [1.82, 2.24) is 34.8 Å². The molecular formula is C35H38F2N8O3. The maximum absolute atomic E-state index is 16.5. The van der Waals surface area contributed by atoms with Crippen LogP contribution in [-0.2, 0) is 11.3 Å². The number of allylic oxidation sites excluding steroid dienone is 2. The summed E-state index contributed by atoms with van der Waals surface area (Å²) in [5, 5.41) is 8.42. The van der Waals surface area contributed by atoms with Gasteiger partial charge < -0.3 is 24.4 Å². The number of halogens is 2. The van der Waals surface area contributed by atoms with Crippen molar-refractivity contribution in [2.45, 2.75) is 45.1 Å². The average molecular weight is 657 g/mol. The number of hydrogen-bond acceptors (Lipinski definition) is 7. The molecule has 48 heavy (non-hydrogen) atoms. The van der Waals surface area contributed by atoms with Crippen LogP contribution in [0, 0.1) is 11.6 Å². The Labute approximate surface area is 276 Å². The highest BCUT2D eigenvalue weighted by Gasteiger charge is 2.29. The second-order valence-electron chi connectivity index (χ2n) is 12.4. The van der Waals surface area contributed by atoms with E-state index in [2.05, 4.69) is 26.4 Å². The zero-order valence-electron chi connectivity index (χ0n) is 26.9. The number of nitrogens with one attached hydrogen (secondary N) is 1. The first-order chi connectivity index (χ1) is 23.4. The van der Waals surface area contributed by atoms with Gasteiger partial charge in [0.2, 0.25) is 5.91 Å². The number of anilines is 1. The number of ether oxygens (including phenoxy) is 1. The Bertz CT molecular complexity index is 1890. The molecule has 5 heterocycles. The molecule has 1 fully saturated rings.